The summed E-state index contributed by atoms with van der Waals surface area (Å²) in [6, 6.07) is 5.03. The molecule has 0 atom stereocenters. The van der Waals surface area contributed by atoms with Gasteiger partial charge in [-0.15, -0.1) is 0 Å². The number of hydrogen-bond acceptors (Lipinski definition) is 4. The summed E-state index contributed by atoms with van der Waals surface area (Å²) in [7, 11) is 0. The van der Waals surface area contributed by atoms with E-state index in [4.69, 9.17) is 11.5 Å². The van der Waals surface area contributed by atoms with Crippen LogP contribution in [0, 0.1) is 0 Å². The number of nitrogens with two attached hydrogens (primary N) is 2. The first-order valence-corrected chi connectivity index (χ1v) is 6.81. The molecule has 0 heterocycles. The molecule has 0 fully saturated rings. The summed E-state index contributed by atoms with van der Waals surface area (Å²) < 4.78 is 0. The lowest BCUT2D eigenvalue weighted by molar-refractivity contribution is 0.100. The van der Waals surface area contributed by atoms with E-state index in [9.17, 15) is 4.79 Å². The van der Waals surface area contributed by atoms with Crippen LogP contribution in [-0.4, -0.2) is 24.0 Å². The van der Waals surface area contributed by atoms with Crippen molar-refractivity contribution in [1.29, 1.82) is 0 Å². The number of amides is 1. The monoisotopic (exact) mass is 253 g/mol. The second-order valence-electron chi connectivity index (χ2n) is 3.64. The molecule has 0 bridgehead atoms. The van der Waals surface area contributed by atoms with E-state index in [2.05, 4.69) is 12.2 Å². The summed E-state index contributed by atoms with van der Waals surface area (Å²) in [6.45, 7) is 2.99. The average Bonchev–Trinajstić information content (AvgIpc) is 2.30. The van der Waals surface area contributed by atoms with Crippen molar-refractivity contribution in [2.45, 2.75) is 13.3 Å². The zero-order valence-electron chi connectivity index (χ0n) is 10.0. The normalized spacial score (nSPS) is 10.2. The Morgan fingerprint density at radius 2 is 2.24 bits per heavy atom. The van der Waals surface area contributed by atoms with Crippen molar-refractivity contribution in [3.8, 4) is 0 Å². The Morgan fingerprint density at radius 1 is 1.47 bits per heavy atom. The first kappa shape index (κ1) is 13.7. The van der Waals surface area contributed by atoms with Gasteiger partial charge in [0, 0.05) is 12.1 Å². The van der Waals surface area contributed by atoms with Crippen LogP contribution in [0.25, 0.3) is 0 Å². The van der Waals surface area contributed by atoms with E-state index in [1.165, 1.54) is 0 Å². The van der Waals surface area contributed by atoms with Crippen LogP contribution in [0.5, 0.6) is 0 Å². The predicted molar refractivity (Wildman–Crippen MR) is 75.5 cm³/mol. The van der Waals surface area contributed by atoms with Crippen molar-refractivity contribution in [3.05, 3.63) is 23.8 Å². The Balaban J connectivity index is 2.51. The maximum Gasteiger partial charge on any atom is 0.248 e. The fourth-order valence-corrected chi connectivity index (χ4v) is 2.04. The van der Waals surface area contributed by atoms with Crippen LogP contribution in [0.1, 0.15) is 23.7 Å². The predicted octanol–water partition coefficient (Wildman–Crippen LogP) is 1.92. The molecule has 0 unspecified atom stereocenters. The Bertz CT molecular complexity index is 382. The van der Waals surface area contributed by atoms with Crippen molar-refractivity contribution in [1.82, 2.24) is 0 Å². The third-order valence-electron chi connectivity index (χ3n) is 2.32. The molecule has 0 aliphatic rings. The van der Waals surface area contributed by atoms with Gasteiger partial charge in [0.1, 0.15) is 0 Å². The van der Waals surface area contributed by atoms with Crippen molar-refractivity contribution in [3.63, 3.8) is 0 Å². The molecular weight excluding hydrogens is 234 g/mol. The number of carbonyl (C=O) groups is 1. The van der Waals surface area contributed by atoms with Crippen LogP contribution in [0.4, 0.5) is 11.4 Å². The largest absolute Gasteiger partial charge is 0.397 e. The minimum absolute atomic E-state index is 0.436. The van der Waals surface area contributed by atoms with Gasteiger partial charge in [-0.1, -0.05) is 6.92 Å². The van der Waals surface area contributed by atoms with Gasteiger partial charge in [0.2, 0.25) is 5.91 Å². The van der Waals surface area contributed by atoms with Gasteiger partial charge in [0.05, 0.1) is 11.4 Å². The van der Waals surface area contributed by atoms with Gasteiger partial charge < -0.3 is 16.8 Å². The van der Waals surface area contributed by atoms with Gasteiger partial charge in [-0.25, -0.2) is 0 Å². The van der Waals surface area contributed by atoms with Crippen molar-refractivity contribution in [2.75, 3.05) is 29.1 Å². The van der Waals surface area contributed by atoms with Crippen LogP contribution >= 0.6 is 11.8 Å². The molecule has 94 valence electrons. The minimum Gasteiger partial charge on any atom is -0.397 e. The molecule has 0 aromatic heterocycles. The highest BCUT2D eigenvalue weighted by Crippen LogP contribution is 2.19. The fraction of sp³-hybridized carbons (Fsp3) is 0.417. The molecule has 5 N–H and O–H groups in total. The SMILES string of the molecule is CCSCCCNc1cc(C(N)=O)ccc1N. The number of rotatable bonds is 7. The molecule has 1 rings (SSSR count). The van der Waals surface area contributed by atoms with Crippen LogP contribution in [0.3, 0.4) is 0 Å². The molecule has 1 aromatic carbocycles. The number of nitrogen functional groups attached to an aromatic ring is 1. The maximum absolute atomic E-state index is 11.0. The fourth-order valence-electron chi connectivity index (χ4n) is 1.40. The second kappa shape index (κ2) is 7.06. The number of anilines is 2. The van der Waals surface area contributed by atoms with Crippen LogP contribution in [0.15, 0.2) is 18.2 Å². The summed E-state index contributed by atoms with van der Waals surface area (Å²) >= 11 is 1.91. The lowest BCUT2D eigenvalue weighted by Crippen LogP contribution is -2.12. The number of benzene rings is 1. The standard InChI is InChI=1S/C12H19N3OS/c1-2-17-7-3-6-15-11-8-9(12(14)16)4-5-10(11)13/h4-5,8,15H,2-3,6-7,13H2,1H3,(H2,14,16). The maximum atomic E-state index is 11.0. The minimum atomic E-state index is -0.436. The van der Waals surface area contributed by atoms with Crippen molar-refractivity contribution in [2.24, 2.45) is 5.73 Å². The first-order chi connectivity index (χ1) is 8.15. The summed E-state index contributed by atoms with van der Waals surface area (Å²) in [5, 5.41) is 3.22. The summed E-state index contributed by atoms with van der Waals surface area (Å²) in [5.74, 6) is 1.83. The highest BCUT2D eigenvalue weighted by molar-refractivity contribution is 7.99. The Hall–Kier alpha value is -1.36. The van der Waals surface area contributed by atoms with E-state index in [1.807, 2.05) is 11.8 Å². The molecule has 0 spiro atoms. The molecule has 4 nitrogen and oxygen atoms in total. The molecule has 1 aromatic rings. The molecule has 0 aliphatic carbocycles. The lowest BCUT2D eigenvalue weighted by atomic mass is 10.1. The first-order valence-electron chi connectivity index (χ1n) is 5.66. The highest BCUT2D eigenvalue weighted by atomic mass is 32.2. The van der Waals surface area contributed by atoms with Crippen LogP contribution in [-0.2, 0) is 0 Å². The van der Waals surface area contributed by atoms with Gasteiger partial charge in [0.15, 0.2) is 0 Å². The Morgan fingerprint density at radius 3 is 2.88 bits per heavy atom. The zero-order chi connectivity index (χ0) is 12.7. The number of hydrogen-bond donors (Lipinski definition) is 3. The highest BCUT2D eigenvalue weighted by Gasteiger charge is 2.04. The van der Waals surface area contributed by atoms with Gasteiger partial charge in [-0.3, -0.25) is 4.79 Å². The molecule has 1 amide bonds. The number of carbonyl (C=O) groups excluding carboxylic acids is 1. The number of primary amides is 1. The molecule has 0 saturated heterocycles. The molecular formula is C12H19N3OS. The number of thioether (sulfide) groups is 1. The van der Waals surface area contributed by atoms with E-state index in [-0.39, 0.29) is 0 Å². The molecule has 0 aliphatic heterocycles. The van der Waals surface area contributed by atoms with Crippen molar-refractivity contribution < 1.29 is 4.79 Å². The van der Waals surface area contributed by atoms with Gasteiger partial charge in [-0.05, 0) is 36.1 Å². The third-order valence-corrected chi connectivity index (χ3v) is 3.31. The van der Waals surface area contributed by atoms with Crippen molar-refractivity contribution >= 4 is 29.0 Å². The van der Waals surface area contributed by atoms with Crippen LogP contribution in [0.2, 0.25) is 0 Å². The summed E-state index contributed by atoms with van der Waals surface area (Å²) in [5.41, 5.74) is 12.9. The van der Waals surface area contributed by atoms with E-state index < -0.39 is 5.91 Å². The summed E-state index contributed by atoms with van der Waals surface area (Å²) in [6.07, 6.45) is 1.07. The molecule has 17 heavy (non-hydrogen) atoms. The number of nitrogens with one attached hydrogen (secondary N) is 1. The molecule has 0 saturated carbocycles. The quantitative estimate of drug-likeness (QED) is 0.512. The van der Waals surface area contributed by atoms with Gasteiger partial charge in [0.25, 0.3) is 0 Å². The topological polar surface area (TPSA) is 81.1 Å². The summed E-state index contributed by atoms with van der Waals surface area (Å²) in [4.78, 5) is 11.0. The smallest absolute Gasteiger partial charge is 0.248 e. The Kier molecular flexibility index (Phi) is 5.69. The third kappa shape index (κ3) is 4.56. The van der Waals surface area contributed by atoms with E-state index >= 15 is 0 Å². The lowest BCUT2D eigenvalue weighted by Gasteiger charge is -2.10. The molecule has 0 radical (unpaired) electrons. The molecule has 5 heteroatoms. The zero-order valence-corrected chi connectivity index (χ0v) is 10.8. The van der Waals surface area contributed by atoms with E-state index in [0.29, 0.717) is 11.3 Å². The Labute approximate surface area is 106 Å². The van der Waals surface area contributed by atoms with E-state index in [0.717, 1.165) is 30.2 Å². The van der Waals surface area contributed by atoms with Gasteiger partial charge >= 0.3 is 0 Å². The van der Waals surface area contributed by atoms with Gasteiger partial charge in [-0.2, -0.15) is 11.8 Å². The average molecular weight is 253 g/mol. The van der Waals surface area contributed by atoms with Crippen LogP contribution < -0.4 is 16.8 Å². The second-order valence-corrected chi connectivity index (χ2v) is 5.04. The van der Waals surface area contributed by atoms with E-state index in [1.54, 1.807) is 18.2 Å².